The van der Waals surface area contributed by atoms with E-state index in [0.29, 0.717) is 28.7 Å². The lowest BCUT2D eigenvalue weighted by Crippen LogP contribution is -2.47. The molecule has 2 aromatic carbocycles. The van der Waals surface area contributed by atoms with Gasteiger partial charge in [-0.2, -0.15) is 5.26 Å². The predicted octanol–water partition coefficient (Wildman–Crippen LogP) is 4.43. The summed E-state index contributed by atoms with van der Waals surface area (Å²) in [6.45, 7) is 4.47. The summed E-state index contributed by atoms with van der Waals surface area (Å²) in [7, 11) is 0. The topological polar surface area (TPSA) is 90.5 Å². The van der Waals surface area contributed by atoms with Gasteiger partial charge in [-0.05, 0) is 37.1 Å². The smallest absolute Gasteiger partial charge is 0.273 e. The number of aryl methyl sites for hydroxylation is 2. The van der Waals surface area contributed by atoms with Crippen LogP contribution in [0.4, 0.5) is 11.4 Å². The Balaban J connectivity index is 1.70. The van der Waals surface area contributed by atoms with Gasteiger partial charge >= 0.3 is 0 Å². The predicted molar refractivity (Wildman–Crippen MR) is 116 cm³/mol. The van der Waals surface area contributed by atoms with Gasteiger partial charge < -0.3 is 4.90 Å². The minimum Gasteiger partial charge on any atom is -0.344 e. The first kappa shape index (κ1) is 20.0. The minimum absolute atomic E-state index is 0.0403. The Kier molecular flexibility index (Phi) is 5.22. The number of thioether (sulfide) groups is 1. The molecule has 1 amide bonds. The Morgan fingerprint density at radius 3 is 2.67 bits per heavy atom. The zero-order chi connectivity index (χ0) is 21.4. The van der Waals surface area contributed by atoms with Crippen LogP contribution in [0.5, 0.6) is 0 Å². The molecule has 7 nitrogen and oxygen atoms in total. The van der Waals surface area contributed by atoms with Gasteiger partial charge in [0, 0.05) is 29.7 Å². The van der Waals surface area contributed by atoms with Crippen molar-refractivity contribution in [2.45, 2.75) is 26.2 Å². The van der Waals surface area contributed by atoms with Crippen molar-refractivity contribution in [1.82, 2.24) is 4.90 Å². The van der Waals surface area contributed by atoms with E-state index in [1.165, 1.54) is 29.0 Å². The van der Waals surface area contributed by atoms with E-state index in [0.717, 1.165) is 5.69 Å². The number of rotatable bonds is 3. The molecule has 1 saturated heterocycles. The van der Waals surface area contributed by atoms with Crippen LogP contribution in [-0.2, 0) is 4.79 Å². The molecule has 0 bridgehead atoms. The molecule has 4 rings (SSSR count). The van der Waals surface area contributed by atoms with Gasteiger partial charge in [0.1, 0.15) is 0 Å². The Hall–Kier alpha value is -3.31. The highest BCUT2D eigenvalue weighted by molar-refractivity contribution is 8.03. The van der Waals surface area contributed by atoms with Crippen molar-refractivity contribution in [2.75, 3.05) is 17.4 Å². The number of carbonyl (C=O) groups is 1. The van der Waals surface area contributed by atoms with Crippen LogP contribution in [0.25, 0.3) is 0 Å². The summed E-state index contributed by atoms with van der Waals surface area (Å²) in [5, 5.41) is 22.0. The number of amides is 1. The third-order valence-corrected chi connectivity index (χ3v) is 6.81. The summed E-state index contributed by atoms with van der Waals surface area (Å²) in [5.41, 5.74) is 4.19. The fraction of sp³-hybridized carbons (Fsp3) is 0.273. The highest BCUT2D eigenvalue weighted by Gasteiger charge is 2.40. The highest BCUT2D eigenvalue weighted by atomic mass is 32.2. The number of fused-ring (bicyclic) bond motifs is 1. The van der Waals surface area contributed by atoms with Crippen LogP contribution in [0.2, 0.25) is 0 Å². The third kappa shape index (κ3) is 3.42. The summed E-state index contributed by atoms with van der Waals surface area (Å²) in [5.74, 6) is -0.139. The number of nitrogens with zero attached hydrogens (tertiary/aromatic N) is 4. The van der Waals surface area contributed by atoms with E-state index in [2.05, 4.69) is 36.9 Å². The number of para-hydroxylation sites is 1. The van der Waals surface area contributed by atoms with Gasteiger partial charge in [-0.15, -0.1) is 0 Å². The van der Waals surface area contributed by atoms with Crippen LogP contribution in [0.3, 0.4) is 0 Å². The SMILES string of the molecule is Cc1ccc(N2CSC3=C(C#N)[C@@H](c4ccccc4[N+](=O)[O-])CC(=O)N3C2)cc1C. The Bertz CT molecular complexity index is 1120. The zero-order valence-corrected chi connectivity index (χ0v) is 17.5. The van der Waals surface area contributed by atoms with Crippen molar-refractivity contribution in [2.24, 2.45) is 0 Å². The molecule has 2 heterocycles. The quantitative estimate of drug-likeness (QED) is 0.539. The summed E-state index contributed by atoms with van der Waals surface area (Å²) in [6.07, 6.45) is 0.0403. The van der Waals surface area contributed by atoms with Crippen LogP contribution in [0, 0.1) is 35.3 Å². The number of allylic oxidation sites excluding steroid dienone is 1. The zero-order valence-electron chi connectivity index (χ0n) is 16.7. The lowest BCUT2D eigenvalue weighted by atomic mass is 9.85. The molecule has 2 aromatic rings. The number of hydrogen-bond donors (Lipinski definition) is 0. The van der Waals surface area contributed by atoms with Crippen LogP contribution >= 0.6 is 11.8 Å². The normalized spacial score (nSPS) is 18.8. The van der Waals surface area contributed by atoms with Gasteiger partial charge in [-0.3, -0.25) is 19.8 Å². The number of nitro groups is 1. The molecule has 0 N–H and O–H groups in total. The standard InChI is InChI=1S/C22H20N4O3S/c1-14-7-8-16(9-15(14)2)24-12-25-21(27)10-18(19(11-23)22(25)30-13-24)17-5-3-4-6-20(17)26(28)29/h3-9,18H,10,12-13H2,1-2H3/t18-/m1/s1. The second kappa shape index (κ2) is 7.84. The van der Waals surface area contributed by atoms with Gasteiger partial charge in [0.25, 0.3) is 5.69 Å². The second-order valence-corrected chi connectivity index (χ2v) is 8.38. The summed E-state index contributed by atoms with van der Waals surface area (Å²) < 4.78 is 0. The number of benzene rings is 2. The monoisotopic (exact) mass is 420 g/mol. The number of nitriles is 1. The molecule has 0 saturated carbocycles. The molecule has 0 aromatic heterocycles. The van der Waals surface area contributed by atoms with E-state index in [1.807, 2.05) is 6.07 Å². The maximum atomic E-state index is 13.0. The van der Waals surface area contributed by atoms with Crippen molar-refractivity contribution in [3.63, 3.8) is 0 Å². The molecule has 0 spiro atoms. The van der Waals surface area contributed by atoms with Gasteiger partial charge in [-0.1, -0.05) is 36.0 Å². The van der Waals surface area contributed by atoms with Gasteiger partial charge in [-0.25, -0.2) is 0 Å². The minimum atomic E-state index is -0.601. The first-order valence-electron chi connectivity index (χ1n) is 9.53. The third-order valence-electron chi connectivity index (χ3n) is 5.66. The van der Waals surface area contributed by atoms with Crippen LogP contribution in [0.1, 0.15) is 29.0 Å². The number of anilines is 1. The molecular weight excluding hydrogens is 400 g/mol. The van der Waals surface area contributed by atoms with Crippen molar-refractivity contribution in [1.29, 1.82) is 5.26 Å². The number of hydrogen-bond acceptors (Lipinski definition) is 6. The first-order valence-corrected chi connectivity index (χ1v) is 10.5. The molecule has 2 aliphatic rings. The van der Waals surface area contributed by atoms with Crippen molar-refractivity contribution in [3.8, 4) is 6.07 Å². The van der Waals surface area contributed by atoms with E-state index in [4.69, 9.17) is 0 Å². The first-order chi connectivity index (χ1) is 14.4. The average Bonchev–Trinajstić information content (AvgIpc) is 2.75. The molecule has 8 heteroatoms. The Morgan fingerprint density at radius 1 is 1.20 bits per heavy atom. The lowest BCUT2D eigenvalue weighted by molar-refractivity contribution is -0.385. The van der Waals surface area contributed by atoms with E-state index in [1.54, 1.807) is 23.1 Å². The largest absolute Gasteiger partial charge is 0.344 e. The van der Waals surface area contributed by atoms with E-state index in [-0.39, 0.29) is 18.0 Å². The summed E-state index contributed by atoms with van der Waals surface area (Å²) in [6, 6.07) is 14.8. The van der Waals surface area contributed by atoms with Crippen LogP contribution in [0.15, 0.2) is 53.1 Å². The highest BCUT2D eigenvalue weighted by Crippen LogP contribution is 2.45. The van der Waals surface area contributed by atoms with E-state index < -0.39 is 10.8 Å². The Morgan fingerprint density at radius 2 is 1.97 bits per heavy atom. The maximum Gasteiger partial charge on any atom is 0.273 e. The molecule has 1 fully saturated rings. The van der Waals surface area contributed by atoms with Crippen molar-refractivity contribution in [3.05, 3.63) is 79.9 Å². The van der Waals surface area contributed by atoms with Gasteiger partial charge in [0.05, 0.1) is 34.1 Å². The van der Waals surface area contributed by atoms with E-state index >= 15 is 0 Å². The molecule has 30 heavy (non-hydrogen) atoms. The number of carbonyl (C=O) groups excluding carboxylic acids is 1. The molecule has 2 aliphatic heterocycles. The van der Waals surface area contributed by atoms with Crippen LogP contribution in [-0.4, -0.2) is 28.3 Å². The molecule has 0 radical (unpaired) electrons. The summed E-state index contributed by atoms with van der Waals surface area (Å²) in [4.78, 5) is 27.8. The summed E-state index contributed by atoms with van der Waals surface area (Å²) >= 11 is 1.43. The second-order valence-electron chi connectivity index (χ2n) is 7.45. The van der Waals surface area contributed by atoms with Gasteiger partial charge in [0.2, 0.25) is 5.91 Å². The molecule has 1 atom stereocenters. The molecule has 152 valence electrons. The Labute approximate surface area is 178 Å². The van der Waals surface area contributed by atoms with Crippen molar-refractivity contribution < 1.29 is 9.72 Å². The fourth-order valence-electron chi connectivity index (χ4n) is 3.86. The number of nitro benzene ring substituents is 1. The van der Waals surface area contributed by atoms with Crippen LogP contribution < -0.4 is 4.90 Å². The van der Waals surface area contributed by atoms with Gasteiger partial charge in [0.15, 0.2) is 0 Å². The average molecular weight is 420 g/mol. The van der Waals surface area contributed by atoms with Crippen molar-refractivity contribution >= 4 is 29.0 Å². The lowest BCUT2D eigenvalue weighted by Gasteiger charge is -2.42. The molecule has 0 unspecified atom stereocenters. The molecular formula is C22H20N4O3S. The maximum absolute atomic E-state index is 13.0. The molecule has 0 aliphatic carbocycles. The fourth-order valence-corrected chi connectivity index (χ4v) is 5.03. The van der Waals surface area contributed by atoms with E-state index in [9.17, 15) is 20.2 Å².